The van der Waals surface area contributed by atoms with Crippen molar-refractivity contribution in [1.29, 1.82) is 0 Å². The van der Waals surface area contributed by atoms with Crippen molar-refractivity contribution in [1.82, 2.24) is 20.5 Å². The van der Waals surface area contributed by atoms with Gasteiger partial charge < -0.3 is 5.32 Å². The molecule has 0 aliphatic heterocycles. The van der Waals surface area contributed by atoms with Gasteiger partial charge in [0.25, 0.3) is 5.91 Å². The number of carbonyl (C=O) groups is 1. The van der Waals surface area contributed by atoms with Crippen molar-refractivity contribution in [2.24, 2.45) is 0 Å². The highest BCUT2D eigenvalue weighted by Crippen LogP contribution is 2.22. The summed E-state index contributed by atoms with van der Waals surface area (Å²) in [7, 11) is 0. The van der Waals surface area contributed by atoms with Crippen LogP contribution in [0.5, 0.6) is 0 Å². The Labute approximate surface area is 107 Å². The van der Waals surface area contributed by atoms with Gasteiger partial charge in [0.05, 0.1) is 6.04 Å². The number of amides is 1. The molecule has 1 heterocycles. The van der Waals surface area contributed by atoms with E-state index in [9.17, 15) is 4.79 Å². The van der Waals surface area contributed by atoms with E-state index in [-0.39, 0.29) is 17.8 Å². The fourth-order valence-corrected chi connectivity index (χ4v) is 2.11. The normalized spacial score (nSPS) is 12.1. The Hall–Kier alpha value is -1.69. The largest absolute Gasteiger partial charge is 0.343 e. The summed E-state index contributed by atoms with van der Waals surface area (Å²) in [5.41, 5.74) is 1.01. The molecule has 2 rings (SSSR count). The Kier molecular flexibility index (Phi) is 3.53. The number of hydrogen-bond acceptors (Lipinski definition) is 3. The molecule has 1 amide bonds. The molecule has 6 heteroatoms. The third kappa shape index (κ3) is 2.71. The molecule has 1 unspecified atom stereocenters. The lowest BCUT2D eigenvalue weighted by atomic mass is 10.1. The molecular weight excluding hydrogens is 284 g/mol. The topological polar surface area (TPSA) is 70.7 Å². The fraction of sp³-hybridized carbons (Fsp3) is 0.182. The van der Waals surface area contributed by atoms with Crippen molar-refractivity contribution in [2.75, 3.05) is 0 Å². The Morgan fingerprint density at radius 1 is 1.47 bits per heavy atom. The average Bonchev–Trinajstić information content (AvgIpc) is 2.82. The van der Waals surface area contributed by atoms with Crippen LogP contribution in [0.15, 0.2) is 35.1 Å². The van der Waals surface area contributed by atoms with E-state index >= 15 is 0 Å². The molecular formula is C11H11BrN4O. The lowest BCUT2D eigenvalue weighted by Crippen LogP contribution is -2.27. The Bertz CT molecular complexity index is 512. The predicted molar refractivity (Wildman–Crippen MR) is 66.4 cm³/mol. The van der Waals surface area contributed by atoms with E-state index in [1.54, 1.807) is 0 Å². The molecule has 0 saturated heterocycles. The first-order valence-corrected chi connectivity index (χ1v) is 5.88. The van der Waals surface area contributed by atoms with Gasteiger partial charge in [0.15, 0.2) is 0 Å². The summed E-state index contributed by atoms with van der Waals surface area (Å²) in [6.07, 6.45) is 1.30. The van der Waals surface area contributed by atoms with Crippen LogP contribution in [0, 0.1) is 0 Å². The molecule has 0 radical (unpaired) electrons. The van der Waals surface area contributed by atoms with Crippen molar-refractivity contribution in [3.63, 3.8) is 0 Å². The van der Waals surface area contributed by atoms with E-state index in [2.05, 4.69) is 36.4 Å². The molecule has 0 bridgehead atoms. The number of halogens is 1. The van der Waals surface area contributed by atoms with Gasteiger partial charge in [-0.2, -0.15) is 5.10 Å². The molecule has 5 nitrogen and oxygen atoms in total. The maximum atomic E-state index is 11.7. The zero-order valence-corrected chi connectivity index (χ0v) is 10.7. The molecule has 0 saturated carbocycles. The van der Waals surface area contributed by atoms with Crippen molar-refractivity contribution < 1.29 is 4.79 Å². The number of rotatable bonds is 3. The van der Waals surface area contributed by atoms with Gasteiger partial charge in [0.1, 0.15) is 6.33 Å². The van der Waals surface area contributed by atoms with Gasteiger partial charge in [0.2, 0.25) is 5.82 Å². The van der Waals surface area contributed by atoms with Gasteiger partial charge in [-0.15, -0.1) is 0 Å². The second-order valence-corrected chi connectivity index (χ2v) is 4.41. The third-order valence-corrected chi connectivity index (χ3v) is 3.07. The van der Waals surface area contributed by atoms with Crippen molar-refractivity contribution >= 4 is 21.8 Å². The van der Waals surface area contributed by atoms with Crippen LogP contribution in [0.2, 0.25) is 0 Å². The van der Waals surface area contributed by atoms with Crippen LogP contribution in [0.3, 0.4) is 0 Å². The molecule has 2 N–H and O–H groups in total. The number of hydrogen-bond donors (Lipinski definition) is 2. The molecule has 2 aromatic rings. The summed E-state index contributed by atoms with van der Waals surface area (Å²) in [5, 5.41) is 8.99. The molecule has 0 aliphatic rings. The van der Waals surface area contributed by atoms with E-state index in [1.807, 2.05) is 31.2 Å². The maximum Gasteiger partial charge on any atom is 0.289 e. The van der Waals surface area contributed by atoms with E-state index in [0.29, 0.717) is 0 Å². The molecule has 1 aromatic carbocycles. The lowest BCUT2D eigenvalue weighted by Gasteiger charge is -2.14. The molecule has 0 aliphatic carbocycles. The van der Waals surface area contributed by atoms with Crippen molar-refractivity contribution in [2.45, 2.75) is 13.0 Å². The van der Waals surface area contributed by atoms with E-state index in [1.165, 1.54) is 6.33 Å². The number of nitrogens with one attached hydrogen (secondary N) is 2. The van der Waals surface area contributed by atoms with Crippen LogP contribution < -0.4 is 5.32 Å². The third-order valence-electron chi connectivity index (χ3n) is 2.35. The number of benzene rings is 1. The number of H-pyrrole nitrogens is 1. The Balaban J connectivity index is 2.10. The second kappa shape index (κ2) is 5.09. The zero-order chi connectivity index (χ0) is 12.3. The summed E-state index contributed by atoms with van der Waals surface area (Å²) >= 11 is 3.45. The molecule has 88 valence electrons. The van der Waals surface area contributed by atoms with Crippen molar-refractivity contribution in [3.8, 4) is 0 Å². The summed E-state index contributed by atoms with van der Waals surface area (Å²) in [6.45, 7) is 1.91. The monoisotopic (exact) mass is 294 g/mol. The first-order chi connectivity index (χ1) is 8.18. The predicted octanol–water partition coefficient (Wildman–Crippen LogP) is 2.06. The Morgan fingerprint density at radius 3 is 2.88 bits per heavy atom. The molecule has 0 spiro atoms. The van der Waals surface area contributed by atoms with E-state index in [0.717, 1.165) is 10.0 Å². The summed E-state index contributed by atoms with van der Waals surface area (Å²) < 4.78 is 0.963. The van der Waals surface area contributed by atoms with Gasteiger partial charge in [0, 0.05) is 4.47 Å². The van der Waals surface area contributed by atoms with Crippen LogP contribution in [0.1, 0.15) is 29.1 Å². The number of carbonyl (C=O) groups excluding carboxylic acids is 1. The number of aromatic amines is 1. The van der Waals surface area contributed by atoms with Crippen molar-refractivity contribution in [3.05, 3.63) is 46.5 Å². The minimum Gasteiger partial charge on any atom is -0.343 e. The van der Waals surface area contributed by atoms with Crippen LogP contribution in [-0.2, 0) is 0 Å². The minimum absolute atomic E-state index is 0.108. The molecule has 17 heavy (non-hydrogen) atoms. The molecule has 0 fully saturated rings. The zero-order valence-electron chi connectivity index (χ0n) is 9.14. The smallest absolute Gasteiger partial charge is 0.289 e. The van der Waals surface area contributed by atoms with Gasteiger partial charge >= 0.3 is 0 Å². The van der Waals surface area contributed by atoms with Crippen LogP contribution >= 0.6 is 15.9 Å². The highest BCUT2D eigenvalue weighted by atomic mass is 79.9. The van der Waals surface area contributed by atoms with Crippen LogP contribution in [0.4, 0.5) is 0 Å². The van der Waals surface area contributed by atoms with Gasteiger partial charge in [-0.05, 0) is 18.6 Å². The highest BCUT2D eigenvalue weighted by molar-refractivity contribution is 9.10. The first-order valence-electron chi connectivity index (χ1n) is 5.09. The SMILES string of the molecule is CC(NC(=O)c1ncn[nH]1)c1ccccc1Br. The van der Waals surface area contributed by atoms with Gasteiger partial charge in [-0.3, -0.25) is 9.89 Å². The van der Waals surface area contributed by atoms with E-state index < -0.39 is 0 Å². The van der Waals surface area contributed by atoms with Gasteiger partial charge in [-0.1, -0.05) is 34.1 Å². The molecule has 1 aromatic heterocycles. The summed E-state index contributed by atoms with van der Waals surface area (Å²) in [5.74, 6) is -0.0605. The average molecular weight is 295 g/mol. The maximum absolute atomic E-state index is 11.7. The number of nitrogens with zero attached hydrogens (tertiary/aromatic N) is 2. The standard InChI is InChI=1S/C11H11BrN4O/c1-7(8-4-2-3-5-9(8)12)15-11(17)10-13-6-14-16-10/h2-7H,1H3,(H,15,17)(H,13,14,16). The Morgan fingerprint density at radius 2 is 2.24 bits per heavy atom. The van der Waals surface area contributed by atoms with Crippen LogP contribution in [0.25, 0.3) is 0 Å². The van der Waals surface area contributed by atoms with Crippen LogP contribution in [-0.4, -0.2) is 21.1 Å². The summed E-state index contributed by atoms with van der Waals surface area (Å²) in [6, 6.07) is 7.64. The first kappa shape index (κ1) is 11.8. The number of aromatic nitrogens is 3. The fourth-order valence-electron chi connectivity index (χ4n) is 1.48. The minimum atomic E-state index is -0.272. The molecule has 1 atom stereocenters. The highest BCUT2D eigenvalue weighted by Gasteiger charge is 2.14. The summed E-state index contributed by atoms with van der Waals surface area (Å²) in [4.78, 5) is 15.5. The lowest BCUT2D eigenvalue weighted by molar-refractivity contribution is 0.0929. The quantitative estimate of drug-likeness (QED) is 0.910. The van der Waals surface area contributed by atoms with Gasteiger partial charge in [-0.25, -0.2) is 4.98 Å². The second-order valence-electron chi connectivity index (χ2n) is 3.55. The van der Waals surface area contributed by atoms with E-state index in [4.69, 9.17) is 0 Å².